The minimum absolute atomic E-state index is 0.117. The van der Waals surface area contributed by atoms with Crippen LogP contribution in [0.1, 0.15) is 17.3 Å². The van der Waals surface area contributed by atoms with Crippen LogP contribution in [0.15, 0.2) is 22.7 Å². The van der Waals surface area contributed by atoms with Gasteiger partial charge in [-0.25, -0.2) is 0 Å². The quantitative estimate of drug-likeness (QED) is 0.648. The Hall–Kier alpha value is -1.96. The lowest BCUT2D eigenvalue weighted by molar-refractivity contribution is -0.384. The first kappa shape index (κ1) is 16.1. The van der Waals surface area contributed by atoms with Gasteiger partial charge in [-0.05, 0) is 28.9 Å². The van der Waals surface area contributed by atoms with Crippen molar-refractivity contribution >= 4 is 33.4 Å². The van der Waals surface area contributed by atoms with Crippen molar-refractivity contribution in [2.45, 2.75) is 6.92 Å². The fraction of sp³-hybridized carbons (Fsp3) is 0.333. The Labute approximate surface area is 124 Å². The van der Waals surface area contributed by atoms with Crippen LogP contribution in [-0.4, -0.2) is 41.8 Å². The van der Waals surface area contributed by atoms with Gasteiger partial charge in [-0.1, -0.05) is 0 Å². The van der Waals surface area contributed by atoms with E-state index >= 15 is 0 Å². The summed E-state index contributed by atoms with van der Waals surface area (Å²) in [5.74, 6) is -0.777. The van der Waals surface area contributed by atoms with Crippen LogP contribution in [0.2, 0.25) is 0 Å². The van der Waals surface area contributed by atoms with Crippen molar-refractivity contribution in [3.05, 3.63) is 38.3 Å². The molecule has 0 bridgehead atoms. The highest BCUT2D eigenvalue weighted by atomic mass is 79.9. The molecule has 0 saturated carbocycles. The van der Waals surface area contributed by atoms with Gasteiger partial charge in [0.2, 0.25) is 5.91 Å². The number of carbonyl (C=O) groups excluding carboxylic acids is 2. The van der Waals surface area contributed by atoms with Gasteiger partial charge in [0.05, 0.1) is 17.0 Å². The third-order valence-corrected chi connectivity index (χ3v) is 3.40. The lowest BCUT2D eigenvalue weighted by Crippen LogP contribution is -2.38. The molecule has 0 aliphatic heterocycles. The van der Waals surface area contributed by atoms with Crippen LogP contribution in [-0.2, 0) is 4.79 Å². The van der Waals surface area contributed by atoms with E-state index in [0.717, 1.165) is 6.07 Å². The maximum absolute atomic E-state index is 11.9. The molecule has 0 saturated heterocycles. The van der Waals surface area contributed by atoms with Crippen LogP contribution in [0, 0.1) is 10.1 Å². The second kappa shape index (κ2) is 6.99. The number of non-ortho nitro benzene ring substituents is 1. The predicted octanol–water partition coefficient (Wildman–Crippen LogP) is 1.57. The molecular weight excluding hydrogens is 330 g/mol. The van der Waals surface area contributed by atoms with Crippen molar-refractivity contribution in [2.75, 3.05) is 20.1 Å². The molecule has 0 heterocycles. The minimum atomic E-state index is -0.584. The number of nitro groups is 1. The molecule has 1 N–H and O–H groups in total. The Morgan fingerprint density at radius 3 is 2.65 bits per heavy atom. The van der Waals surface area contributed by atoms with Crippen LogP contribution < -0.4 is 5.32 Å². The maximum Gasteiger partial charge on any atom is 0.270 e. The molecule has 0 radical (unpaired) electrons. The molecule has 0 fully saturated rings. The standard InChI is InChI=1S/C12H14BrN3O4/c1-3-15(2)11(17)7-14-12(18)9-6-8(16(19)20)4-5-10(9)13/h4-6H,3,7H2,1-2H3,(H,14,18). The summed E-state index contributed by atoms with van der Waals surface area (Å²) in [5, 5.41) is 13.1. The number of halogens is 1. The number of hydrogen-bond donors (Lipinski definition) is 1. The molecule has 2 amide bonds. The molecule has 8 heteroatoms. The van der Waals surface area contributed by atoms with E-state index in [9.17, 15) is 19.7 Å². The van der Waals surface area contributed by atoms with Gasteiger partial charge in [0.15, 0.2) is 0 Å². The van der Waals surface area contributed by atoms with Gasteiger partial charge in [-0.3, -0.25) is 19.7 Å². The smallest absolute Gasteiger partial charge is 0.270 e. The molecule has 1 rings (SSSR count). The molecule has 20 heavy (non-hydrogen) atoms. The van der Waals surface area contributed by atoms with Crippen LogP contribution in [0.25, 0.3) is 0 Å². The van der Waals surface area contributed by atoms with Crippen molar-refractivity contribution in [3.63, 3.8) is 0 Å². The Kier molecular flexibility index (Phi) is 5.63. The number of amides is 2. The van der Waals surface area contributed by atoms with E-state index in [4.69, 9.17) is 0 Å². The average Bonchev–Trinajstić information content (AvgIpc) is 2.43. The van der Waals surface area contributed by atoms with Crippen LogP contribution in [0.4, 0.5) is 5.69 Å². The van der Waals surface area contributed by atoms with Gasteiger partial charge in [0.25, 0.3) is 11.6 Å². The number of benzene rings is 1. The zero-order valence-electron chi connectivity index (χ0n) is 11.1. The van der Waals surface area contributed by atoms with E-state index in [-0.39, 0.29) is 23.7 Å². The van der Waals surface area contributed by atoms with Crippen LogP contribution >= 0.6 is 15.9 Å². The first-order chi connectivity index (χ1) is 9.36. The molecule has 108 valence electrons. The maximum atomic E-state index is 11.9. The van der Waals surface area contributed by atoms with Gasteiger partial charge in [-0.2, -0.15) is 0 Å². The molecule has 1 aromatic rings. The largest absolute Gasteiger partial charge is 0.345 e. The van der Waals surface area contributed by atoms with Crippen molar-refractivity contribution in [2.24, 2.45) is 0 Å². The van der Waals surface area contributed by atoms with Gasteiger partial charge < -0.3 is 10.2 Å². The summed E-state index contributed by atoms with van der Waals surface area (Å²) >= 11 is 3.15. The summed E-state index contributed by atoms with van der Waals surface area (Å²) in [7, 11) is 1.62. The van der Waals surface area contributed by atoms with E-state index < -0.39 is 10.8 Å². The van der Waals surface area contributed by atoms with E-state index in [1.807, 2.05) is 6.92 Å². The van der Waals surface area contributed by atoms with Gasteiger partial charge in [0.1, 0.15) is 0 Å². The lowest BCUT2D eigenvalue weighted by Gasteiger charge is -2.14. The first-order valence-electron chi connectivity index (χ1n) is 5.83. The zero-order valence-corrected chi connectivity index (χ0v) is 12.6. The number of carbonyl (C=O) groups is 2. The highest BCUT2D eigenvalue weighted by molar-refractivity contribution is 9.10. The van der Waals surface area contributed by atoms with E-state index in [2.05, 4.69) is 21.2 Å². The topological polar surface area (TPSA) is 92.6 Å². The predicted molar refractivity (Wildman–Crippen MR) is 76.4 cm³/mol. The monoisotopic (exact) mass is 343 g/mol. The zero-order chi connectivity index (χ0) is 15.3. The molecule has 7 nitrogen and oxygen atoms in total. The van der Waals surface area contributed by atoms with E-state index in [1.54, 1.807) is 7.05 Å². The normalized spacial score (nSPS) is 9.95. The molecule has 0 aliphatic carbocycles. The molecule has 1 aromatic carbocycles. The molecule has 0 atom stereocenters. The lowest BCUT2D eigenvalue weighted by atomic mass is 10.2. The van der Waals surface area contributed by atoms with Crippen LogP contribution in [0.5, 0.6) is 0 Å². The summed E-state index contributed by atoms with van der Waals surface area (Å²) < 4.78 is 0.428. The Morgan fingerprint density at radius 1 is 1.45 bits per heavy atom. The van der Waals surface area contributed by atoms with E-state index in [1.165, 1.54) is 17.0 Å². The van der Waals surface area contributed by atoms with Crippen LogP contribution in [0.3, 0.4) is 0 Å². The Bertz CT molecular complexity index is 548. The fourth-order valence-corrected chi connectivity index (χ4v) is 1.79. The van der Waals surface area contributed by atoms with Crippen molar-refractivity contribution < 1.29 is 14.5 Å². The second-order valence-electron chi connectivity index (χ2n) is 4.01. The number of likely N-dealkylation sites (N-methyl/N-ethyl adjacent to an activating group) is 1. The molecular formula is C12H14BrN3O4. The van der Waals surface area contributed by atoms with Gasteiger partial charge in [-0.15, -0.1) is 0 Å². The number of nitrogens with one attached hydrogen (secondary N) is 1. The van der Waals surface area contributed by atoms with Crippen molar-refractivity contribution in [3.8, 4) is 0 Å². The van der Waals surface area contributed by atoms with Gasteiger partial charge >= 0.3 is 0 Å². The highest BCUT2D eigenvalue weighted by Crippen LogP contribution is 2.22. The Morgan fingerprint density at radius 2 is 2.10 bits per heavy atom. The molecule has 0 aromatic heterocycles. The summed E-state index contributed by atoms with van der Waals surface area (Å²) in [4.78, 5) is 35.0. The summed E-state index contributed by atoms with van der Waals surface area (Å²) in [6.07, 6.45) is 0. The Balaban J connectivity index is 2.80. The third-order valence-electron chi connectivity index (χ3n) is 2.71. The number of nitro benzene ring substituents is 1. The van der Waals surface area contributed by atoms with E-state index in [0.29, 0.717) is 11.0 Å². The number of rotatable bonds is 5. The fourth-order valence-electron chi connectivity index (χ4n) is 1.36. The summed E-state index contributed by atoms with van der Waals surface area (Å²) in [5.41, 5.74) is -0.0681. The third kappa shape index (κ3) is 4.02. The number of nitrogens with zero attached hydrogens (tertiary/aromatic N) is 2. The highest BCUT2D eigenvalue weighted by Gasteiger charge is 2.16. The molecule has 0 unspecified atom stereocenters. The molecule has 0 aliphatic rings. The molecule has 0 spiro atoms. The minimum Gasteiger partial charge on any atom is -0.345 e. The SMILES string of the molecule is CCN(C)C(=O)CNC(=O)c1cc([N+](=O)[O-])ccc1Br. The van der Waals surface area contributed by atoms with Crippen molar-refractivity contribution in [1.82, 2.24) is 10.2 Å². The van der Waals surface area contributed by atoms with Crippen molar-refractivity contribution in [1.29, 1.82) is 0 Å². The summed E-state index contributed by atoms with van der Waals surface area (Å²) in [6, 6.07) is 3.87. The van der Waals surface area contributed by atoms with Gasteiger partial charge in [0, 0.05) is 30.2 Å². The second-order valence-corrected chi connectivity index (χ2v) is 4.87. The average molecular weight is 344 g/mol. The number of hydrogen-bond acceptors (Lipinski definition) is 4. The first-order valence-corrected chi connectivity index (χ1v) is 6.62. The summed E-state index contributed by atoms with van der Waals surface area (Å²) in [6.45, 7) is 2.20.